The Morgan fingerprint density at radius 1 is 1.06 bits per heavy atom. The van der Waals surface area contributed by atoms with Gasteiger partial charge in [0.1, 0.15) is 0 Å². The average molecular weight is 225 g/mol. The lowest BCUT2D eigenvalue weighted by molar-refractivity contribution is 0.175. The van der Waals surface area contributed by atoms with Gasteiger partial charge in [0.2, 0.25) is 0 Å². The number of urea groups is 1. The molecule has 0 aromatic rings. The van der Waals surface area contributed by atoms with Crippen LogP contribution in [0.3, 0.4) is 0 Å². The zero-order valence-electron chi connectivity index (χ0n) is 9.95. The summed E-state index contributed by atoms with van der Waals surface area (Å²) in [5.74, 6) is 0. The van der Waals surface area contributed by atoms with Crippen molar-refractivity contribution in [2.45, 2.75) is 57.0 Å². The van der Waals surface area contributed by atoms with Gasteiger partial charge < -0.3 is 16.0 Å². The second-order valence-electron chi connectivity index (χ2n) is 5.11. The number of hydrogen-bond donors (Lipinski definition) is 2. The van der Waals surface area contributed by atoms with E-state index >= 15 is 0 Å². The Bertz CT molecular complexity index is 230. The fraction of sp³-hybridized carbons (Fsp3) is 0.917. The van der Waals surface area contributed by atoms with Crippen molar-refractivity contribution in [1.82, 2.24) is 10.2 Å². The number of likely N-dealkylation sites (tertiary alicyclic amines) is 1. The first-order chi connectivity index (χ1) is 7.75. The molecule has 0 radical (unpaired) electrons. The van der Waals surface area contributed by atoms with Crippen LogP contribution >= 0.6 is 0 Å². The van der Waals surface area contributed by atoms with E-state index in [0.717, 1.165) is 38.8 Å². The molecule has 16 heavy (non-hydrogen) atoms. The van der Waals surface area contributed by atoms with Crippen LogP contribution in [0.15, 0.2) is 0 Å². The lowest BCUT2D eigenvalue weighted by Gasteiger charge is -2.32. The Kier molecular flexibility index (Phi) is 4.04. The quantitative estimate of drug-likeness (QED) is 0.709. The molecular formula is C12H23N3O. The summed E-state index contributed by atoms with van der Waals surface area (Å²) in [6.07, 6.45) is 8.03. The monoisotopic (exact) mass is 225 g/mol. The van der Waals surface area contributed by atoms with Crippen molar-refractivity contribution in [3.63, 3.8) is 0 Å². The van der Waals surface area contributed by atoms with E-state index in [2.05, 4.69) is 5.32 Å². The second-order valence-corrected chi connectivity index (χ2v) is 5.11. The van der Waals surface area contributed by atoms with Gasteiger partial charge in [0.25, 0.3) is 0 Å². The van der Waals surface area contributed by atoms with Gasteiger partial charge in [-0.15, -0.1) is 0 Å². The van der Waals surface area contributed by atoms with Gasteiger partial charge in [-0.3, -0.25) is 0 Å². The van der Waals surface area contributed by atoms with Crippen molar-refractivity contribution in [3.05, 3.63) is 0 Å². The number of nitrogens with zero attached hydrogens (tertiary/aromatic N) is 1. The molecule has 4 heteroatoms. The topological polar surface area (TPSA) is 58.4 Å². The van der Waals surface area contributed by atoms with Gasteiger partial charge in [-0.1, -0.05) is 19.3 Å². The summed E-state index contributed by atoms with van der Waals surface area (Å²) in [6, 6.07) is 0.828. The van der Waals surface area contributed by atoms with E-state index in [1.165, 1.54) is 19.3 Å². The molecule has 1 saturated heterocycles. The highest BCUT2D eigenvalue weighted by Crippen LogP contribution is 2.18. The third kappa shape index (κ3) is 3.11. The Hall–Kier alpha value is -0.770. The molecule has 1 heterocycles. The predicted octanol–water partition coefficient (Wildman–Crippen LogP) is 1.45. The largest absolute Gasteiger partial charge is 0.335 e. The molecule has 2 amide bonds. The van der Waals surface area contributed by atoms with Crippen molar-refractivity contribution < 1.29 is 4.79 Å². The maximum atomic E-state index is 11.9. The SMILES string of the molecule is NC1CCN(C(=O)NC2CCCCC2)CC1. The van der Waals surface area contributed by atoms with Crippen molar-refractivity contribution in [1.29, 1.82) is 0 Å². The lowest BCUT2D eigenvalue weighted by Crippen LogP contribution is -2.50. The van der Waals surface area contributed by atoms with Crippen molar-refractivity contribution in [2.24, 2.45) is 5.73 Å². The van der Waals surface area contributed by atoms with Gasteiger partial charge in [0, 0.05) is 25.2 Å². The fourth-order valence-corrected chi connectivity index (χ4v) is 2.62. The van der Waals surface area contributed by atoms with Crippen LogP contribution in [0.5, 0.6) is 0 Å². The minimum absolute atomic E-state index is 0.124. The molecule has 2 fully saturated rings. The standard InChI is InChI=1S/C12H23N3O/c13-10-6-8-15(9-7-10)12(16)14-11-4-2-1-3-5-11/h10-11H,1-9,13H2,(H,14,16). The maximum Gasteiger partial charge on any atom is 0.317 e. The van der Waals surface area contributed by atoms with Crippen molar-refractivity contribution in [3.8, 4) is 0 Å². The Balaban J connectivity index is 1.74. The number of nitrogens with one attached hydrogen (secondary N) is 1. The molecule has 0 aromatic heterocycles. The summed E-state index contributed by atoms with van der Waals surface area (Å²) in [7, 11) is 0. The van der Waals surface area contributed by atoms with E-state index in [9.17, 15) is 4.79 Å². The highest BCUT2D eigenvalue weighted by atomic mass is 16.2. The zero-order chi connectivity index (χ0) is 11.4. The van der Waals surface area contributed by atoms with Crippen molar-refractivity contribution in [2.75, 3.05) is 13.1 Å². The number of hydrogen-bond acceptors (Lipinski definition) is 2. The van der Waals surface area contributed by atoms with Crippen LogP contribution in [0.25, 0.3) is 0 Å². The Morgan fingerprint density at radius 2 is 1.69 bits per heavy atom. The highest BCUT2D eigenvalue weighted by Gasteiger charge is 2.23. The lowest BCUT2D eigenvalue weighted by atomic mass is 9.95. The fourth-order valence-electron chi connectivity index (χ4n) is 2.62. The third-order valence-electron chi connectivity index (χ3n) is 3.76. The summed E-state index contributed by atoms with van der Waals surface area (Å²) >= 11 is 0. The van der Waals surface area contributed by atoms with Crippen LogP contribution < -0.4 is 11.1 Å². The molecule has 1 aliphatic heterocycles. The van der Waals surface area contributed by atoms with E-state index in [4.69, 9.17) is 5.73 Å². The minimum Gasteiger partial charge on any atom is -0.335 e. The molecule has 4 nitrogen and oxygen atoms in total. The molecule has 0 atom stereocenters. The zero-order valence-corrected chi connectivity index (χ0v) is 9.95. The average Bonchev–Trinajstić information content (AvgIpc) is 2.31. The molecular weight excluding hydrogens is 202 g/mol. The maximum absolute atomic E-state index is 11.9. The van der Waals surface area contributed by atoms with Crippen LogP contribution in [0, 0.1) is 0 Å². The number of nitrogens with two attached hydrogens (primary N) is 1. The molecule has 2 aliphatic rings. The van der Waals surface area contributed by atoms with Crippen LogP contribution in [0.4, 0.5) is 4.79 Å². The van der Waals surface area contributed by atoms with Gasteiger partial charge in [-0.05, 0) is 25.7 Å². The summed E-state index contributed by atoms with van der Waals surface area (Å²) in [5, 5.41) is 3.15. The molecule has 1 saturated carbocycles. The number of carbonyl (C=O) groups excluding carboxylic acids is 1. The summed E-state index contributed by atoms with van der Waals surface area (Å²) in [4.78, 5) is 13.9. The van der Waals surface area contributed by atoms with E-state index in [0.29, 0.717) is 12.1 Å². The number of amides is 2. The number of piperidine rings is 1. The van der Waals surface area contributed by atoms with Gasteiger partial charge >= 0.3 is 6.03 Å². The Morgan fingerprint density at radius 3 is 2.31 bits per heavy atom. The van der Waals surface area contributed by atoms with Crippen LogP contribution in [-0.2, 0) is 0 Å². The number of rotatable bonds is 1. The normalized spacial score (nSPS) is 24.4. The number of carbonyl (C=O) groups is 1. The van der Waals surface area contributed by atoms with E-state index < -0.39 is 0 Å². The van der Waals surface area contributed by atoms with Crippen molar-refractivity contribution >= 4 is 6.03 Å². The molecule has 0 spiro atoms. The van der Waals surface area contributed by atoms with Gasteiger partial charge in [-0.25, -0.2) is 4.79 Å². The second kappa shape index (κ2) is 5.53. The van der Waals surface area contributed by atoms with Crippen LogP contribution in [0.1, 0.15) is 44.9 Å². The van der Waals surface area contributed by atoms with E-state index in [1.807, 2.05) is 4.90 Å². The first-order valence-electron chi connectivity index (χ1n) is 6.57. The van der Waals surface area contributed by atoms with Crippen LogP contribution in [-0.4, -0.2) is 36.1 Å². The molecule has 0 aromatic carbocycles. The van der Waals surface area contributed by atoms with E-state index in [1.54, 1.807) is 0 Å². The molecule has 0 unspecified atom stereocenters. The molecule has 3 N–H and O–H groups in total. The summed E-state index contributed by atoms with van der Waals surface area (Å²) in [6.45, 7) is 1.64. The first kappa shape index (κ1) is 11.7. The molecule has 1 aliphatic carbocycles. The third-order valence-corrected chi connectivity index (χ3v) is 3.76. The summed E-state index contributed by atoms with van der Waals surface area (Å²) < 4.78 is 0. The van der Waals surface area contributed by atoms with Gasteiger partial charge in [0.15, 0.2) is 0 Å². The molecule has 0 bridgehead atoms. The molecule has 2 rings (SSSR count). The Labute approximate surface area is 97.6 Å². The first-order valence-corrected chi connectivity index (χ1v) is 6.57. The molecule has 92 valence electrons. The highest BCUT2D eigenvalue weighted by molar-refractivity contribution is 5.74. The smallest absolute Gasteiger partial charge is 0.317 e. The van der Waals surface area contributed by atoms with Crippen LogP contribution in [0.2, 0.25) is 0 Å². The van der Waals surface area contributed by atoms with Gasteiger partial charge in [0.05, 0.1) is 0 Å². The predicted molar refractivity (Wildman–Crippen MR) is 64.2 cm³/mol. The summed E-state index contributed by atoms with van der Waals surface area (Å²) in [5.41, 5.74) is 5.82. The minimum atomic E-state index is 0.124. The van der Waals surface area contributed by atoms with Gasteiger partial charge in [-0.2, -0.15) is 0 Å². The van der Waals surface area contributed by atoms with E-state index in [-0.39, 0.29) is 6.03 Å².